The third-order valence-electron chi connectivity index (χ3n) is 6.12. The minimum absolute atomic E-state index is 0.0648. The Bertz CT molecular complexity index is 1340. The van der Waals surface area contributed by atoms with Crippen LogP contribution < -0.4 is 14.4 Å². The van der Waals surface area contributed by atoms with Crippen LogP contribution >= 0.6 is 0 Å². The van der Waals surface area contributed by atoms with E-state index in [0.717, 1.165) is 15.4 Å². The quantitative estimate of drug-likeness (QED) is 0.357. The number of benzene rings is 3. The summed E-state index contributed by atoms with van der Waals surface area (Å²) >= 11 is 0. The molecule has 208 valence electrons. The Hall–Kier alpha value is -3.85. The van der Waals surface area contributed by atoms with Crippen LogP contribution in [-0.2, 0) is 26.2 Å². The standard InChI is InChI=1S/C30H37N3O5S/c1-6-38-27-16-14-26(15-17-27)33(39(36,37)28-18-12-23(4)13-19-28)21-29(34)32(20-25-10-8-7-9-11-25)24(5)30(35)31-22(2)3/h7-19,22,24H,6,20-21H2,1-5H3,(H,31,35)/t24-/m0/s1. The molecule has 3 aromatic rings. The number of nitrogens with zero attached hydrogens (tertiary/aromatic N) is 2. The van der Waals surface area contributed by atoms with Crippen molar-refractivity contribution in [3.63, 3.8) is 0 Å². The Morgan fingerprint density at radius 2 is 1.51 bits per heavy atom. The summed E-state index contributed by atoms with van der Waals surface area (Å²) < 4.78 is 34.3. The highest BCUT2D eigenvalue weighted by molar-refractivity contribution is 7.92. The van der Waals surface area contributed by atoms with Gasteiger partial charge in [-0.25, -0.2) is 8.42 Å². The van der Waals surface area contributed by atoms with Gasteiger partial charge in [0.2, 0.25) is 11.8 Å². The number of ether oxygens (including phenoxy) is 1. The van der Waals surface area contributed by atoms with Crippen LogP contribution in [0.1, 0.15) is 38.8 Å². The van der Waals surface area contributed by atoms with E-state index in [0.29, 0.717) is 18.0 Å². The van der Waals surface area contributed by atoms with E-state index in [1.54, 1.807) is 43.3 Å². The molecular weight excluding hydrogens is 514 g/mol. The molecule has 1 atom stereocenters. The summed E-state index contributed by atoms with van der Waals surface area (Å²) in [6, 6.07) is 21.4. The van der Waals surface area contributed by atoms with Crippen LogP contribution in [0.3, 0.4) is 0 Å². The molecule has 0 bridgehead atoms. The van der Waals surface area contributed by atoms with E-state index in [2.05, 4.69) is 5.32 Å². The van der Waals surface area contributed by atoms with Crippen molar-refractivity contribution in [3.8, 4) is 5.75 Å². The number of carbonyl (C=O) groups excluding carboxylic acids is 2. The first-order chi connectivity index (χ1) is 18.5. The minimum atomic E-state index is -4.12. The summed E-state index contributed by atoms with van der Waals surface area (Å²) in [5.74, 6) is -0.233. The van der Waals surface area contributed by atoms with Gasteiger partial charge in [-0.1, -0.05) is 48.0 Å². The molecule has 0 aromatic heterocycles. The lowest BCUT2D eigenvalue weighted by molar-refractivity contribution is -0.139. The summed E-state index contributed by atoms with van der Waals surface area (Å²) in [6.07, 6.45) is 0. The molecule has 0 aliphatic heterocycles. The Labute approximate surface area is 231 Å². The lowest BCUT2D eigenvalue weighted by Crippen LogP contribution is -2.52. The van der Waals surface area contributed by atoms with Crippen LogP contribution in [0.5, 0.6) is 5.75 Å². The van der Waals surface area contributed by atoms with Gasteiger partial charge in [0.1, 0.15) is 18.3 Å². The van der Waals surface area contributed by atoms with Crippen molar-refractivity contribution >= 4 is 27.5 Å². The van der Waals surface area contributed by atoms with E-state index in [4.69, 9.17) is 4.74 Å². The predicted molar refractivity (Wildman–Crippen MR) is 153 cm³/mol. The van der Waals surface area contributed by atoms with Gasteiger partial charge in [0.25, 0.3) is 10.0 Å². The monoisotopic (exact) mass is 551 g/mol. The number of carbonyl (C=O) groups is 2. The molecule has 0 saturated carbocycles. The largest absolute Gasteiger partial charge is 0.494 e. The van der Waals surface area contributed by atoms with E-state index in [-0.39, 0.29) is 23.4 Å². The Kier molecular flexibility index (Phi) is 10.1. The van der Waals surface area contributed by atoms with Crippen LogP contribution in [0.4, 0.5) is 5.69 Å². The first-order valence-electron chi connectivity index (χ1n) is 13.0. The number of amides is 2. The van der Waals surface area contributed by atoms with Crippen molar-refractivity contribution in [3.05, 3.63) is 90.0 Å². The molecule has 0 fully saturated rings. The molecule has 9 heteroatoms. The molecule has 8 nitrogen and oxygen atoms in total. The molecule has 0 unspecified atom stereocenters. The summed E-state index contributed by atoms with van der Waals surface area (Å²) in [5.41, 5.74) is 2.05. The lowest BCUT2D eigenvalue weighted by atomic mass is 10.1. The first-order valence-corrected chi connectivity index (χ1v) is 14.4. The molecule has 3 rings (SSSR count). The molecule has 0 radical (unpaired) electrons. The number of nitrogens with one attached hydrogen (secondary N) is 1. The van der Waals surface area contributed by atoms with E-state index in [1.165, 1.54) is 17.0 Å². The van der Waals surface area contributed by atoms with Crippen molar-refractivity contribution in [2.75, 3.05) is 17.5 Å². The maximum atomic E-state index is 13.9. The molecule has 3 aromatic carbocycles. The summed E-state index contributed by atoms with van der Waals surface area (Å²) in [4.78, 5) is 28.3. The second-order valence-corrected chi connectivity index (χ2v) is 11.5. The van der Waals surface area contributed by atoms with Crippen LogP contribution in [0.2, 0.25) is 0 Å². The van der Waals surface area contributed by atoms with E-state index >= 15 is 0 Å². The van der Waals surface area contributed by atoms with Gasteiger partial charge >= 0.3 is 0 Å². The molecule has 39 heavy (non-hydrogen) atoms. The fourth-order valence-electron chi connectivity index (χ4n) is 4.01. The Balaban J connectivity index is 2.02. The number of anilines is 1. The molecule has 0 heterocycles. The van der Waals surface area contributed by atoms with Crippen LogP contribution in [-0.4, -0.2) is 50.4 Å². The zero-order valence-electron chi connectivity index (χ0n) is 23.1. The zero-order valence-corrected chi connectivity index (χ0v) is 23.9. The number of hydrogen-bond donors (Lipinski definition) is 1. The summed E-state index contributed by atoms with van der Waals surface area (Å²) in [5, 5.41) is 2.85. The van der Waals surface area contributed by atoms with Crippen molar-refractivity contribution in [1.29, 1.82) is 0 Å². The third-order valence-corrected chi connectivity index (χ3v) is 7.91. The highest BCUT2D eigenvalue weighted by Crippen LogP contribution is 2.27. The van der Waals surface area contributed by atoms with Gasteiger partial charge in [-0.2, -0.15) is 0 Å². The minimum Gasteiger partial charge on any atom is -0.494 e. The normalized spacial score (nSPS) is 12.1. The highest BCUT2D eigenvalue weighted by Gasteiger charge is 2.32. The van der Waals surface area contributed by atoms with Crippen molar-refractivity contribution in [1.82, 2.24) is 10.2 Å². The van der Waals surface area contributed by atoms with E-state index in [9.17, 15) is 18.0 Å². The molecule has 0 aliphatic rings. The smallest absolute Gasteiger partial charge is 0.264 e. The fourth-order valence-corrected chi connectivity index (χ4v) is 5.42. The lowest BCUT2D eigenvalue weighted by Gasteiger charge is -2.32. The zero-order chi connectivity index (χ0) is 28.6. The van der Waals surface area contributed by atoms with Crippen molar-refractivity contribution in [2.45, 2.75) is 58.1 Å². The topological polar surface area (TPSA) is 96.0 Å². The van der Waals surface area contributed by atoms with Crippen molar-refractivity contribution in [2.24, 2.45) is 0 Å². The van der Waals surface area contributed by atoms with E-state index in [1.807, 2.05) is 58.0 Å². The average Bonchev–Trinajstić information content (AvgIpc) is 2.91. The van der Waals surface area contributed by atoms with Gasteiger partial charge in [0, 0.05) is 12.6 Å². The SMILES string of the molecule is CCOc1ccc(N(CC(=O)N(Cc2ccccc2)[C@@H](C)C(=O)NC(C)C)S(=O)(=O)c2ccc(C)cc2)cc1. The first kappa shape index (κ1) is 29.7. The number of hydrogen-bond acceptors (Lipinski definition) is 5. The van der Waals surface area contributed by atoms with E-state index < -0.39 is 28.5 Å². The average molecular weight is 552 g/mol. The maximum Gasteiger partial charge on any atom is 0.264 e. The van der Waals surface area contributed by atoms with Crippen LogP contribution in [0, 0.1) is 6.92 Å². The summed E-state index contributed by atoms with van der Waals surface area (Å²) in [6.45, 7) is 9.19. The van der Waals surface area contributed by atoms with Gasteiger partial charge in [0.15, 0.2) is 0 Å². The Morgan fingerprint density at radius 1 is 0.897 bits per heavy atom. The predicted octanol–water partition coefficient (Wildman–Crippen LogP) is 4.53. The maximum absolute atomic E-state index is 13.9. The number of sulfonamides is 1. The molecule has 1 N–H and O–H groups in total. The second-order valence-electron chi connectivity index (χ2n) is 9.60. The molecule has 0 saturated heterocycles. The highest BCUT2D eigenvalue weighted by atomic mass is 32.2. The van der Waals surface area contributed by atoms with Gasteiger partial charge in [0.05, 0.1) is 17.2 Å². The number of aryl methyl sites for hydroxylation is 1. The molecular formula is C30H37N3O5S. The summed E-state index contributed by atoms with van der Waals surface area (Å²) in [7, 11) is -4.12. The molecule has 2 amide bonds. The second kappa shape index (κ2) is 13.3. The van der Waals surface area contributed by atoms with Crippen LogP contribution in [0.25, 0.3) is 0 Å². The molecule has 0 spiro atoms. The Morgan fingerprint density at radius 3 is 2.08 bits per heavy atom. The van der Waals surface area contributed by atoms with Gasteiger partial charge < -0.3 is 15.0 Å². The number of rotatable bonds is 12. The molecule has 0 aliphatic carbocycles. The fraction of sp³-hybridized carbons (Fsp3) is 0.333. The van der Waals surface area contributed by atoms with Gasteiger partial charge in [-0.15, -0.1) is 0 Å². The van der Waals surface area contributed by atoms with Crippen molar-refractivity contribution < 1.29 is 22.7 Å². The third kappa shape index (κ3) is 7.83. The van der Waals surface area contributed by atoms with Gasteiger partial charge in [-0.3, -0.25) is 13.9 Å². The van der Waals surface area contributed by atoms with Crippen LogP contribution in [0.15, 0.2) is 83.8 Å². The van der Waals surface area contributed by atoms with Gasteiger partial charge in [-0.05, 0) is 76.6 Å².